The van der Waals surface area contributed by atoms with E-state index in [1.54, 1.807) is 12.1 Å². The van der Waals surface area contributed by atoms with Crippen LogP contribution in [0.4, 0.5) is 14.5 Å². The molecule has 0 aliphatic rings. The van der Waals surface area contributed by atoms with Gasteiger partial charge in [0.2, 0.25) is 11.8 Å². The molecule has 2 aromatic carbocycles. The zero-order valence-electron chi connectivity index (χ0n) is 15.2. The Morgan fingerprint density at radius 2 is 1.71 bits per heavy atom. The van der Waals surface area contributed by atoms with E-state index in [0.717, 1.165) is 4.90 Å². The second-order valence-corrected chi connectivity index (χ2v) is 5.88. The molecule has 1 atom stereocenters. The summed E-state index contributed by atoms with van der Waals surface area (Å²) in [6.07, 6.45) is 0. The number of halogens is 3. The zero-order chi connectivity index (χ0) is 19.8. The predicted molar refractivity (Wildman–Crippen MR) is 104 cm³/mol. The summed E-state index contributed by atoms with van der Waals surface area (Å²) in [4.78, 5) is 26.0. The van der Waals surface area contributed by atoms with Crippen molar-refractivity contribution in [3.8, 4) is 0 Å². The third-order valence-corrected chi connectivity index (χ3v) is 3.78. The van der Waals surface area contributed by atoms with E-state index < -0.39 is 36.0 Å². The van der Waals surface area contributed by atoms with Crippen molar-refractivity contribution in [3.63, 3.8) is 0 Å². The number of anilines is 1. The van der Waals surface area contributed by atoms with E-state index in [0.29, 0.717) is 0 Å². The Morgan fingerprint density at radius 3 is 2.32 bits per heavy atom. The van der Waals surface area contributed by atoms with Gasteiger partial charge in [0.05, 0.1) is 12.3 Å². The van der Waals surface area contributed by atoms with Crippen molar-refractivity contribution in [3.05, 3.63) is 65.7 Å². The van der Waals surface area contributed by atoms with E-state index in [4.69, 9.17) is 10.5 Å². The minimum Gasteiger partial charge on any atom is -0.383 e. The lowest BCUT2D eigenvalue weighted by Crippen LogP contribution is -2.48. The molecule has 0 spiro atoms. The van der Waals surface area contributed by atoms with Crippen LogP contribution in [0.15, 0.2) is 48.5 Å². The van der Waals surface area contributed by atoms with Crippen LogP contribution in [0.25, 0.3) is 0 Å². The Morgan fingerprint density at radius 1 is 1.11 bits per heavy atom. The lowest BCUT2D eigenvalue weighted by atomic mass is 10.1. The normalized spacial score (nSPS) is 11.3. The number of nitrogens with two attached hydrogens (primary N) is 1. The first-order chi connectivity index (χ1) is 12.9. The topological polar surface area (TPSA) is 84.7 Å². The second-order valence-electron chi connectivity index (χ2n) is 5.88. The van der Waals surface area contributed by atoms with Crippen LogP contribution in [0, 0.1) is 11.6 Å². The quantitative estimate of drug-likeness (QED) is 0.695. The van der Waals surface area contributed by atoms with Gasteiger partial charge in [0.1, 0.15) is 24.2 Å². The van der Waals surface area contributed by atoms with E-state index in [1.165, 1.54) is 43.5 Å². The maximum Gasteiger partial charge on any atom is 0.244 e. The number of carbonyl (C=O) groups is 2. The number of carbonyl (C=O) groups excluding carboxylic acids is 2. The maximum atomic E-state index is 14.0. The Labute approximate surface area is 168 Å². The number of methoxy groups -OCH3 is 1. The summed E-state index contributed by atoms with van der Waals surface area (Å²) in [6, 6.07) is 10.5. The molecule has 6 nitrogen and oxygen atoms in total. The lowest BCUT2D eigenvalue weighted by Gasteiger charge is -2.25. The van der Waals surface area contributed by atoms with Crippen molar-refractivity contribution in [1.29, 1.82) is 0 Å². The van der Waals surface area contributed by atoms with E-state index in [-0.39, 0.29) is 36.8 Å². The highest BCUT2D eigenvalue weighted by molar-refractivity contribution is 5.95. The molecule has 152 valence electrons. The molecule has 3 N–H and O–H groups in total. The van der Waals surface area contributed by atoms with Crippen molar-refractivity contribution < 1.29 is 23.1 Å². The summed E-state index contributed by atoms with van der Waals surface area (Å²) in [5.41, 5.74) is 5.99. The van der Waals surface area contributed by atoms with Crippen molar-refractivity contribution in [2.75, 3.05) is 25.6 Å². The third kappa shape index (κ3) is 6.56. The van der Waals surface area contributed by atoms with E-state index in [2.05, 4.69) is 5.32 Å². The van der Waals surface area contributed by atoms with Crippen molar-refractivity contribution in [2.45, 2.75) is 12.6 Å². The second kappa shape index (κ2) is 11.3. The minimum absolute atomic E-state index is 0. The number of nitrogens with one attached hydrogen (secondary N) is 1. The highest BCUT2D eigenvalue weighted by Gasteiger charge is 2.24. The first-order valence-corrected chi connectivity index (χ1v) is 8.23. The zero-order valence-corrected chi connectivity index (χ0v) is 16.0. The van der Waals surface area contributed by atoms with Crippen LogP contribution >= 0.6 is 12.4 Å². The summed E-state index contributed by atoms with van der Waals surface area (Å²) < 4.78 is 32.5. The smallest absolute Gasteiger partial charge is 0.244 e. The maximum absolute atomic E-state index is 14.0. The monoisotopic (exact) mass is 413 g/mol. The molecule has 0 aromatic heterocycles. The van der Waals surface area contributed by atoms with Crippen LogP contribution < -0.4 is 11.1 Å². The van der Waals surface area contributed by atoms with Crippen molar-refractivity contribution in [2.24, 2.45) is 5.73 Å². The molecule has 0 heterocycles. The van der Waals surface area contributed by atoms with Gasteiger partial charge < -0.3 is 20.7 Å². The SMILES string of the molecule is COCC(N)C(=O)N(CC(=O)Nc1ccccc1F)Cc1ccccc1F.Cl. The van der Waals surface area contributed by atoms with Gasteiger partial charge in [-0.05, 0) is 18.2 Å². The highest BCUT2D eigenvalue weighted by atomic mass is 35.5. The van der Waals surface area contributed by atoms with Gasteiger partial charge >= 0.3 is 0 Å². The first kappa shape index (κ1) is 23.5. The molecule has 0 fully saturated rings. The van der Waals surface area contributed by atoms with E-state index >= 15 is 0 Å². The van der Waals surface area contributed by atoms with Gasteiger partial charge in [-0.2, -0.15) is 0 Å². The largest absolute Gasteiger partial charge is 0.383 e. The number of hydrogen-bond donors (Lipinski definition) is 2. The fourth-order valence-corrected chi connectivity index (χ4v) is 2.46. The molecule has 9 heteroatoms. The summed E-state index contributed by atoms with van der Waals surface area (Å²) in [7, 11) is 1.39. The van der Waals surface area contributed by atoms with Gasteiger partial charge in [-0.25, -0.2) is 8.78 Å². The molecule has 0 aliphatic carbocycles. The molecule has 0 bridgehead atoms. The summed E-state index contributed by atoms with van der Waals surface area (Å²) in [5, 5.41) is 2.39. The van der Waals surface area contributed by atoms with Crippen molar-refractivity contribution in [1.82, 2.24) is 4.90 Å². The standard InChI is InChI=1S/C19H21F2N3O3.ClH/c1-27-12-16(22)19(26)24(10-13-6-2-3-7-14(13)20)11-18(25)23-17-9-5-4-8-15(17)21;/h2-9,16H,10-12,22H2,1H3,(H,23,25);1H. The molecule has 2 amide bonds. The Bertz CT molecular complexity index is 807. The van der Waals surface area contributed by atoms with Gasteiger partial charge in [-0.1, -0.05) is 30.3 Å². The molecular formula is C19H22ClF2N3O3. The van der Waals surface area contributed by atoms with Crippen LogP contribution in [0.2, 0.25) is 0 Å². The first-order valence-electron chi connectivity index (χ1n) is 8.23. The van der Waals surface area contributed by atoms with Crippen LogP contribution in [-0.4, -0.2) is 43.0 Å². The van der Waals surface area contributed by atoms with E-state index in [1.807, 2.05) is 0 Å². The number of rotatable bonds is 8. The number of amides is 2. The molecule has 1 unspecified atom stereocenters. The van der Waals surface area contributed by atoms with Crippen LogP contribution in [-0.2, 0) is 20.9 Å². The van der Waals surface area contributed by atoms with Gasteiger partial charge in [0.15, 0.2) is 0 Å². The fraction of sp³-hybridized carbons (Fsp3) is 0.263. The number of ether oxygens (including phenoxy) is 1. The number of para-hydroxylation sites is 1. The number of nitrogens with zero attached hydrogens (tertiary/aromatic N) is 1. The predicted octanol–water partition coefficient (Wildman–Crippen LogP) is 2.33. The molecule has 28 heavy (non-hydrogen) atoms. The highest BCUT2D eigenvalue weighted by Crippen LogP contribution is 2.14. The van der Waals surface area contributed by atoms with Crippen molar-refractivity contribution >= 4 is 29.9 Å². The Balaban J connectivity index is 0.00000392. The average Bonchev–Trinajstić information content (AvgIpc) is 2.64. The summed E-state index contributed by atoms with van der Waals surface area (Å²) in [6.45, 7) is -0.631. The molecule has 2 aromatic rings. The minimum atomic E-state index is -1.01. The van der Waals surface area contributed by atoms with Gasteiger partial charge in [-0.3, -0.25) is 9.59 Å². The lowest BCUT2D eigenvalue weighted by molar-refractivity contribution is -0.137. The number of benzene rings is 2. The van der Waals surface area contributed by atoms with E-state index in [9.17, 15) is 18.4 Å². The van der Waals surface area contributed by atoms with Crippen LogP contribution in [0.1, 0.15) is 5.56 Å². The molecular weight excluding hydrogens is 392 g/mol. The number of hydrogen-bond acceptors (Lipinski definition) is 4. The molecule has 0 aliphatic heterocycles. The summed E-state index contributed by atoms with van der Waals surface area (Å²) >= 11 is 0. The molecule has 0 radical (unpaired) electrons. The van der Waals surface area contributed by atoms with Gasteiger partial charge in [-0.15, -0.1) is 12.4 Å². The fourth-order valence-electron chi connectivity index (χ4n) is 2.46. The third-order valence-electron chi connectivity index (χ3n) is 3.78. The molecule has 0 saturated heterocycles. The Hall–Kier alpha value is -2.55. The van der Waals surface area contributed by atoms with Gasteiger partial charge in [0.25, 0.3) is 0 Å². The Kier molecular flexibility index (Phi) is 9.50. The molecule has 2 rings (SSSR count). The summed E-state index contributed by atoms with van der Waals surface area (Å²) in [5.74, 6) is -2.32. The van der Waals surface area contributed by atoms with Gasteiger partial charge in [0, 0.05) is 19.2 Å². The van der Waals surface area contributed by atoms with Crippen LogP contribution in [0.3, 0.4) is 0 Å². The molecule has 0 saturated carbocycles. The average molecular weight is 414 g/mol. The van der Waals surface area contributed by atoms with Crippen LogP contribution in [0.5, 0.6) is 0 Å².